The first kappa shape index (κ1) is 10.4. The molecule has 0 aliphatic heterocycles. The monoisotopic (exact) mass is 181 g/mol. The number of carbonyl (C=O) groups excluding carboxylic acids is 1. The van der Waals surface area contributed by atoms with E-state index in [0.29, 0.717) is 0 Å². The van der Waals surface area contributed by atoms with Crippen LogP contribution in [0.2, 0.25) is 0 Å². The van der Waals surface area contributed by atoms with Crippen LogP contribution < -0.4 is 0 Å². The third-order valence-electron chi connectivity index (χ3n) is 0.928. The molecule has 0 aromatic rings. The molecule has 0 saturated carbocycles. The SMILES string of the molecule is [CH2]C(=O)OC(CC)S(=O)(=O)O. The summed E-state index contributed by atoms with van der Waals surface area (Å²) in [6.07, 6.45) is 0.0000926. The van der Waals surface area contributed by atoms with Crippen molar-refractivity contribution < 1.29 is 22.5 Å². The van der Waals surface area contributed by atoms with Crippen LogP contribution in [0, 0.1) is 6.92 Å². The van der Waals surface area contributed by atoms with Crippen LogP contribution >= 0.6 is 0 Å². The fourth-order valence-electron chi connectivity index (χ4n) is 0.501. The van der Waals surface area contributed by atoms with E-state index in [1.165, 1.54) is 6.92 Å². The van der Waals surface area contributed by atoms with E-state index in [1.807, 2.05) is 0 Å². The van der Waals surface area contributed by atoms with Gasteiger partial charge in [-0.3, -0.25) is 9.35 Å². The Morgan fingerprint density at radius 3 is 2.27 bits per heavy atom. The maximum atomic E-state index is 10.3. The molecule has 0 amide bonds. The van der Waals surface area contributed by atoms with Crippen LogP contribution in [-0.2, 0) is 19.6 Å². The summed E-state index contributed by atoms with van der Waals surface area (Å²) in [4.78, 5) is 10.2. The molecule has 0 saturated heterocycles. The molecule has 0 aromatic heterocycles. The standard InChI is InChI=1S/C5H9O5S/c1-3-5(10-4(2)6)11(7,8)9/h5H,2-3H2,1H3,(H,7,8,9). The van der Waals surface area contributed by atoms with E-state index < -0.39 is 21.5 Å². The van der Waals surface area contributed by atoms with Gasteiger partial charge in [0.25, 0.3) is 0 Å². The Balaban J connectivity index is 4.31. The highest BCUT2D eigenvalue weighted by molar-refractivity contribution is 7.86. The summed E-state index contributed by atoms with van der Waals surface area (Å²) in [7, 11) is -4.29. The van der Waals surface area contributed by atoms with Crippen molar-refractivity contribution in [1.29, 1.82) is 0 Å². The van der Waals surface area contributed by atoms with Gasteiger partial charge >= 0.3 is 16.1 Å². The Morgan fingerprint density at radius 2 is 2.18 bits per heavy atom. The summed E-state index contributed by atoms with van der Waals surface area (Å²) < 4.78 is 33.3. The number of hydrogen-bond acceptors (Lipinski definition) is 4. The van der Waals surface area contributed by atoms with Gasteiger partial charge in [-0.2, -0.15) is 8.42 Å². The van der Waals surface area contributed by atoms with Crippen molar-refractivity contribution in [2.45, 2.75) is 18.8 Å². The number of ether oxygens (including phenoxy) is 1. The van der Waals surface area contributed by atoms with Gasteiger partial charge in [0.1, 0.15) is 0 Å². The fourth-order valence-corrected chi connectivity index (χ4v) is 1.15. The van der Waals surface area contributed by atoms with E-state index >= 15 is 0 Å². The van der Waals surface area contributed by atoms with E-state index in [2.05, 4.69) is 11.7 Å². The van der Waals surface area contributed by atoms with Crippen molar-refractivity contribution in [3.05, 3.63) is 6.92 Å². The van der Waals surface area contributed by atoms with Crippen molar-refractivity contribution >= 4 is 16.1 Å². The van der Waals surface area contributed by atoms with Gasteiger partial charge in [-0.25, -0.2) is 0 Å². The molecular formula is C5H9O5S. The molecule has 0 heterocycles. The van der Waals surface area contributed by atoms with Crippen LogP contribution in [0.5, 0.6) is 0 Å². The van der Waals surface area contributed by atoms with Crippen molar-refractivity contribution in [3.8, 4) is 0 Å². The predicted octanol–water partition coefficient (Wildman–Crippen LogP) is -0.0124. The Labute approximate surface area is 65.1 Å². The third-order valence-corrected chi connectivity index (χ3v) is 2.02. The molecule has 0 aliphatic carbocycles. The van der Waals surface area contributed by atoms with Crippen LogP contribution in [0.4, 0.5) is 0 Å². The molecule has 6 heteroatoms. The molecule has 5 nitrogen and oxygen atoms in total. The van der Waals surface area contributed by atoms with Gasteiger partial charge in [-0.05, 0) is 6.42 Å². The molecule has 1 N–H and O–H groups in total. The first-order valence-corrected chi connectivity index (χ1v) is 4.37. The van der Waals surface area contributed by atoms with E-state index in [4.69, 9.17) is 4.55 Å². The molecule has 0 spiro atoms. The van der Waals surface area contributed by atoms with Crippen LogP contribution in [-0.4, -0.2) is 24.4 Å². The van der Waals surface area contributed by atoms with Gasteiger partial charge in [0.2, 0.25) is 5.44 Å². The first-order valence-electron chi connectivity index (χ1n) is 2.86. The van der Waals surface area contributed by atoms with Crippen molar-refractivity contribution in [2.24, 2.45) is 0 Å². The fraction of sp³-hybridized carbons (Fsp3) is 0.600. The zero-order valence-electron chi connectivity index (χ0n) is 5.98. The van der Waals surface area contributed by atoms with Crippen molar-refractivity contribution in [3.63, 3.8) is 0 Å². The molecule has 65 valence electrons. The van der Waals surface area contributed by atoms with Crippen LogP contribution in [0.1, 0.15) is 13.3 Å². The van der Waals surface area contributed by atoms with Gasteiger partial charge in [-0.15, -0.1) is 0 Å². The minimum absolute atomic E-state index is 0.0000926. The summed E-state index contributed by atoms with van der Waals surface area (Å²) in [5.41, 5.74) is -1.49. The average molecular weight is 181 g/mol. The normalized spacial score (nSPS) is 14.1. The lowest BCUT2D eigenvalue weighted by atomic mass is 10.5. The van der Waals surface area contributed by atoms with Crippen LogP contribution in [0.25, 0.3) is 0 Å². The highest BCUT2D eigenvalue weighted by Crippen LogP contribution is 2.05. The Morgan fingerprint density at radius 1 is 1.73 bits per heavy atom. The second kappa shape index (κ2) is 3.68. The molecule has 11 heavy (non-hydrogen) atoms. The van der Waals surface area contributed by atoms with Gasteiger partial charge in [0.15, 0.2) is 0 Å². The average Bonchev–Trinajstić information content (AvgIpc) is 1.79. The Bertz CT molecular complexity index is 229. The van der Waals surface area contributed by atoms with Gasteiger partial charge in [0.05, 0.1) is 6.92 Å². The molecule has 1 radical (unpaired) electrons. The molecule has 0 aliphatic rings. The zero-order valence-corrected chi connectivity index (χ0v) is 6.80. The second-order valence-electron chi connectivity index (χ2n) is 1.84. The lowest BCUT2D eigenvalue weighted by molar-refractivity contribution is -0.140. The van der Waals surface area contributed by atoms with Gasteiger partial charge < -0.3 is 4.74 Å². The Hall–Kier alpha value is -0.620. The summed E-state index contributed by atoms with van der Waals surface area (Å²) in [5.74, 6) is -0.977. The van der Waals surface area contributed by atoms with E-state index in [1.54, 1.807) is 0 Å². The lowest BCUT2D eigenvalue weighted by Crippen LogP contribution is -2.25. The maximum Gasteiger partial charge on any atom is 0.307 e. The zero-order chi connectivity index (χ0) is 9.07. The van der Waals surface area contributed by atoms with Gasteiger partial charge in [-0.1, -0.05) is 6.92 Å². The lowest BCUT2D eigenvalue weighted by Gasteiger charge is -2.10. The molecule has 0 rings (SSSR count). The Kier molecular flexibility index (Phi) is 3.47. The van der Waals surface area contributed by atoms with Crippen molar-refractivity contribution in [2.75, 3.05) is 0 Å². The van der Waals surface area contributed by atoms with Crippen LogP contribution in [0.15, 0.2) is 0 Å². The van der Waals surface area contributed by atoms with E-state index in [9.17, 15) is 13.2 Å². The minimum Gasteiger partial charge on any atom is -0.443 e. The number of hydrogen-bond donors (Lipinski definition) is 1. The highest BCUT2D eigenvalue weighted by Gasteiger charge is 2.23. The molecular weight excluding hydrogens is 172 g/mol. The molecule has 1 unspecified atom stereocenters. The van der Waals surface area contributed by atoms with Crippen LogP contribution in [0.3, 0.4) is 0 Å². The summed E-state index contributed by atoms with van der Waals surface area (Å²) in [6, 6.07) is 0. The summed E-state index contributed by atoms with van der Waals surface area (Å²) >= 11 is 0. The summed E-state index contributed by atoms with van der Waals surface area (Å²) in [5, 5.41) is 0. The second-order valence-corrected chi connectivity index (χ2v) is 3.40. The smallest absolute Gasteiger partial charge is 0.307 e. The van der Waals surface area contributed by atoms with Gasteiger partial charge in [0, 0.05) is 0 Å². The number of carbonyl (C=O) groups is 1. The largest absolute Gasteiger partial charge is 0.443 e. The first-order chi connectivity index (χ1) is 4.88. The number of esters is 1. The molecule has 0 aromatic carbocycles. The molecule has 0 bridgehead atoms. The topological polar surface area (TPSA) is 80.7 Å². The quantitative estimate of drug-likeness (QED) is 0.489. The highest BCUT2D eigenvalue weighted by atomic mass is 32.2. The van der Waals surface area contributed by atoms with Crippen molar-refractivity contribution in [1.82, 2.24) is 0 Å². The summed E-state index contributed by atoms with van der Waals surface area (Å²) in [6.45, 7) is 4.26. The third kappa shape index (κ3) is 3.94. The van der Waals surface area contributed by atoms with E-state index in [0.717, 1.165) is 0 Å². The van der Waals surface area contributed by atoms with E-state index in [-0.39, 0.29) is 6.42 Å². The minimum atomic E-state index is -4.29. The maximum absolute atomic E-state index is 10.3. The number of rotatable bonds is 3. The molecule has 1 atom stereocenters. The molecule has 0 fully saturated rings. The predicted molar refractivity (Wildman–Crippen MR) is 37.1 cm³/mol.